The molecule has 3 fully saturated rings. The molecule has 1 spiro atoms. The van der Waals surface area contributed by atoms with Crippen LogP contribution in [-0.4, -0.2) is 37.7 Å². The lowest BCUT2D eigenvalue weighted by Crippen LogP contribution is -2.65. The number of ether oxygens (including phenoxy) is 1. The van der Waals surface area contributed by atoms with Crippen molar-refractivity contribution in [2.24, 2.45) is 17.3 Å². The maximum atomic E-state index is 12.6. The van der Waals surface area contributed by atoms with Crippen LogP contribution in [0.1, 0.15) is 71.6 Å². The summed E-state index contributed by atoms with van der Waals surface area (Å²) in [6.45, 7) is 7.36. The van der Waals surface area contributed by atoms with Crippen LogP contribution in [0, 0.1) is 17.3 Å². The number of carbonyl (C=O) groups is 1. The van der Waals surface area contributed by atoms with E-state index >= 15 is 0 Å². The van der Waals surface area contributed by atoms with Gasteiger partial charge in [-0.1, -0.05) is 26.2 Å². The van der Waals surface area contributed by atoms with Gasteiger partial charge in [0.1, 0.15) is 0 Å². The van der Waals surface area contributed by atoms with E-state index in [1.54, 1.807) is 0 Å². The van der Waals surface area contributed by atoms with E-state index in [1.165, 1.54) is 44.9 Å². The van der Waals surface area contributed by atoms with Gasteiger partial charge in [0.05, 0.1) is 6.10 Å². The number of hydrogen-bond donors (Lipinski definition) is 2. The minimum Gasteiger partial charge on any atom is -0.378 e. The molecule has 1 heterocycles. The smallest absolute Gasteiger partial charge is 0.220 e. The number of hydrogen-bond acceptors (Lipinski definition) is 3. The first-order valence-corrected chi connectivity index (χ1v) is 10.3. The highest BCUT2D eigenvalue weighted by molar-refractivity contribution is 5.85. The molecule has 0 aromatic carbocycles. The molecule has 3 atom stereocenters. The van der Waals surface area contributed by atoms with Gasteiger partial charge in [-0.3, -0.25) is 4.79 Å². The van der Waals surface area contributed by atoms with E-state index in [4.69, 9.17) is 4.74 Å². The molecule has 146 valence electrons. The van der Waals surface area contributed by atoms with Gasteiger partial charge < -0.3 is 15.4 Å². The Balaban J connectivity index is 0.00000225. The molecule has 4 nitrogen and oxygen atoms in total. The predicted octanol–water partition coefficient (Wildman–Crippen LogP) is 3.68. The molecule has 25 heavy (non-hydrogen) atoms. The van der Waals surface area contributed by atoms with Gasteiger partial charge in [-0.2, -0.15) is 0 Å². The van der Waals surface area contributed by atoms with Crippen molar-refractivity contribution in [2.75, 3.05) is 19.7 Å². The fourth-order valence-electron chi connectivity index (χ4n) is 5.39. The Labute approximate surface area is 159 Å². The molecule has 2 saturated carbocycles. The second-order valence-corrected chi connectivity index (χ2v) is 8.36. The normalized spacial score (nSPS) is 30.2. The summed E-state index contributed by atoms with van der Waals surface area (Å²) in [5.74, 6) is 1.47. The molecule has 3 rings (SSSR count). The summed E-state index contributed by atoms with van der Waals surface area (Å²) >= 11 is 0. The summed E-state index contributed by atoms with van der Waals surface area (Å²) < 4.78 is 6.00. The van der Waals surface area contributed by atoms with Crippen LogP contribution < -0.4 is 10.6 Å². The molecular formula is C20H37ClN2O2. The van der Waals surface area contributed by atoms with Crippen LogP contribution in [0.4, 0.5) is 0 Å². The molecule has 2 aliphatic carbocycles. The van der Waals surface area contributed by atoms with Gasteiger partial charge in [0, 0.05) is 24.5 Å². The van der Waals surface area contributed by atoms with Crippen molar-refractivity contribution in [1.29, 1.82) is 0 Å². The van der Waals surface area contributed by atoms with Crippen LogP contribution in [-0.2, 0) is 9.53 Å². The maximum absolute atomic E-state index is 12.6. The van der Waals surface area contributed by atoms with Crippen molar-refractivity contribution >= 4 is 18.3 Å². The van der Waals surface area contributed by atoms with Crippen molar-refractivity contribution in [3.63, 3.8) is 0 Å². The van der Waals surface area contributed by atoms with E-state index in [0.29, 0.717) is 30.4 Å². The predicted molar refractivity (Wildman–Crippen MR) is 104 cm³/mol. The van der Waals surface area contributed by atoms with Gasteiger partial charge in [0.15, 0.2) is 0 Å². The highest BCUT2D eigenvalue weighted by Crippen LogP contribution is 2.53. The fourth-order valence-corrected chi connectivity index (χ4v) is 5.39. The number of amides is 1. The topological polar surface area (TPSA) is 50.4 Å². The van der Waals surface area contributed by atoms with Gasteiger partial charge in [0.25, 0.3) is 0 Å². The summed E-state index contributed by atoms with van der Waals surface area (Å²) in [6, 6.07) is 0.349. The van der Waals surface area contributed by atoms with E-state index in [2.05, 4.69) is 24.5 Å². The average molecular weight is 373 g/mol. The minimum atomic E-state index is 0. The Morgan fingerprint density at radius 3 is 2.56 bits per heavy atom. The summed E-state index contributed by atoms with van der Waals surface area (Å²) in [7, 11) is 0. The second-order valence-electron chi connectivity index (χ2n) is 8.36. The molecule has 1 amide bonds. The maximum Gasteiger partial charge on any atom is 0.220 e. The molecule has 0 aromatic heterocycles. The molecule has 5 heteroatoms. The lowest BCUT2D eigenvalue weighted by Gasteiger charge is -2.57. The number of nitrogens with one attached hydrogen (secondary N) is 2. The van der Waals surface area contributed by atoms with E-state index in [0.717, 1.165) is 26.1 Å². The first-order chi connectivity index (χ1) is 11.7. The Morgan fingerprint density at radius 2 is 1.92 bits per heavy atom. The molecule has 2 N–H and O–H groups in total. The summed E-state index contributed by atoms with van der Waals surface area (Å²) in [4.78, 5) is 12.6. The van der Waals surface area contributed by atoms with Crippen molar-refractivity contribution in [1.82, 2.24) is 10.6 Å². The van der Waals surface area contributed by atoms with Gasteiger partial charge in [-0.05, 0) is 64.0 Å². The Hall–Kier alpha value is -0.320. The molecular weight excluding hydrogens is 336 g/mol. The average Bonchev–Trinajstić information content (AvgIpc) is 2.62. The minimum absolute atomic E-state index is 0. The fraction of sp³-hybridized carbons (Fsp3) is 0.950. The van der Waals surface area contributed by atoms with Crippen LogP contribution in [0.3, 0.4) is 0 Å². The van der Waals surface area contributed by atoms with Gasteiger partial charge in [-0.25, -0.2) is 0 Å². The van der Waals surface area contributed by atoms with Crippen molar-refractivity contribution < 1.29 is 9.53 Å². The van der Waals surface area contributed by atoms with Crippen LogP contribution in [0.15, 0.2) is 0 Å². The Morgan fingerprint density at radius 1 is 1.24 bits per heavy atom. The van der Waals surface area contributed by atoms with Crippen molar-refractivity contribution in [3.8, 4) is 0 Å². The second kappa shape index (κ2) is 9.57. The first-order valence-electron chi connectivity index (χ1n) is 10.3. The quantitative estimate of drug-likeness (QED) is 0.747. The molecule has 3 aliphatic rings. The molecule has 0 bridgehead atoms. The number of halogens is 1. The van der Waals surface area contributed by atoms with E-state index in [9.17, 15) is 4.79 Å². The van der Waals surface area contributed by atoms with Crippen LogP contribution >= 0.6 is 12.4 Å². The lowest BCUT2D eigenvalue weighted by molar-refractivity contribution is -0.157. The van der Waals surface area contributed by atoms with Crippen LogP contribution in [0.5, 0.6) is 0 Å². The van der Waals surface area contributed by atoms with Gasteiger partial charge >= 0.3 is 0 Å². The molecule has 0 aromatic rings. The van der Waals surface area contributed by atoms with E-state index < -0.39 is 0 Å². The van der Waals surface area contributed by atoms with E-state index in [1.807, 2.05) is 0 Å². The molecule has 0 radical (unpaired) electrons. The van der Waals surface area contributed by atoms with Crippen molar-refractivity contribution in [2.45, 2.75) is 83.8 Å². The Bertz CT molecular complexity index is 420. The third kappa shape index (κ3) is 4.70. The van der Waals surface area contributed by atoms with E-state index in [-0.39, 0.29) is 23.7 Å². The SMILES string of the molecule is CCOC1CC(NC(=O)CC(C)C2CCNCC2)C12CCCCC2.Cl. The third-order valence-electron chi connectivity index (χ3n) is 6.97. The zero-order valence-electron chi connectivity index (χ0n) is 16.0. The lowest BCUT2D eigenvalue weighted by atomic mass is 9.55. The largest absolute Gasteiger partial charge is 0.378 e. The van der Waals surface area contributed by atoms with Crippen molar-refractivity contribution in [3.05, 3.63) is 0 Å². The van der Waals surface area contributed by atoms with Gasteiger partial charge in [-0.15, -0.1) is 12.4 Å². The van der Waals surface area contributed by atoms with Gasteiger partial charge in [0.2, 0.25) is 5.91 Å². The monoisotopic (exact) mass is 372 g/mol. The number of piperidine rings is 1. The zero-order chi connectivity index (χ0) is 17.0. The molecule has 1 saturated heterocycles. The van der Waals surface area contributed by atoms with Crippen LogP contribution in [0.2, 0.25) is 0 Å². The summed E-state index contributed by atoms with van der Waals surface area (Å²) in [6.07, 6.45) is 10.9. The Kier molecular flexibility index (Phi) is 8.03. The highest BCUT2D eigenvalue weighted by Gasteiger charge is 2.56. The number of rotatable bonds is 6. The standard InChI is InChI=1S/C20H36N2O2.ClH/c1-3-24-18-14-17(20(18)9-5-4-6-10-20)22-19(23)13-15(2)16-7-11-21-12-8-16;/h15-18,21H,3-14H2,1-2H3,(H,22,23);1H. The summed E-state index contributed by atoms with van der Waals surface area (Å²) in [5.41, 5.74) is 0.238. The van der Waals surface area contributed by atoms with Crippen LogP contribution in [0.25, 0.3) is 0 Å². The number of carbonyl (C=O) groups excluding carboxylic acids is 1. The first kappa shape index (κ1) is 21.0. The molecule has 1 aliphatic heterocycles. The summed E-state index contributed by atoms with van der Waals surface area (Å²) in [5, 5.41) is 6.82. The third-order valence-corrected chi connectivity index (χ3v) is 6.97. The zero-order valence-corrected chi connectivity index (χ0v) is 16.8. The highest BCUT2D eigenvalue weighted by atomic mass is 35.5. The molecule has 3 unspecified atom stereocenters.